The summed E-state index contributed by atoms with van der Waals surface area (Å²) in [7, 11) is 2.03. The van der Waals surface area contributed by atoms with Crippen LogP contribution in [0.1, 0.15) is 18.4 Å². The summed E-state index contributed by atoms with van der Waals surface area (Å²) >= 11 is 6.24. The van der Waals surface area contributed by atoms with E-state index < -0.39 is 11.9 Å². The van der Waals surface area contributed by atoms with Gasteiger partial charge in [-0.3, -0.25) is 9.59 Å². The van der Waals surface area contributed by atoms with E-state index in [-0.39, 0.29) is 24.9 Å². The highest BCUT2D eigenvalue weighted by Crippen LogP contribution is 2.29. The minimum Gasteiger partial charge on any atom is -0.455 e. The zero-order valence-corrected chi connectivity index (χ0v) is 18.2. The number of rotatable bonds is 5. The third-order valence-electron chi connectivity index (χ3n) is 5.14. The Labute approximate surface area is 183 Å². The topological polar surface area (TPSA) is 49.9 Å². The highest BCUT2D eigenvalue weighted by atomic mass is 35.5. The van der Waals surface area contributed by atoms with E-state index in [0.717, 1.165) is 29.8 Å². The maximum Gasteiger partial charge on any atom is 0.313 e. The maximum absolute atomic E-state index is 12.4. The molecule has 0 saturated carbocycles. The Balaban J connectivity index is 0.00000300. The minimum atomic E-state index is -0.444. The lowest BCUT2D eigenvalue weighted by Crippen LogP contribution is -2.48. The van der Waals surface area contributed by atoms with Crippen LogP contribution >= 0.6 is 24.0 Å². The number of hydrogen-bond donors (Lipinski definition) is 0. The summed E-state index contributed by atoms with van der Waals surface area (Å²) in [5, 5.41) is 0.685. The summed E-state index contributed by atoms with van der Waals surface area (Å²) in [4.78, 5) is 28.5. The van der Waals surface area contributed by atoms with Gasteiger partial charge in [0.05, 0.1) is 5.92 Å². The SMILES string of the molecule is CC(C(=O)OCC(=O)N1CCN(C)CC1)c1ccc(-c2ccccc2Cl)cc1.Cl. The zero-order chi connectivity index (χ0) is 20.1. The van der Waals surface area contributed by atoms with Crippen LogP contribution in [0.15, 0.2) is 48.5 Å². The number of halogens is 2. The number of ether oxygens (including phenoxy) is 1. The number of carbonyl (C=O) groups excluding carboxylic acids is 2. The van der Waals surface area contributed by atoms with Gasteiger partial charge in [-0.05, 0) is 31.2 Å². The first-order valence-corrected chi connectivity index (χ1v) is 9.81. The molecule has 0 bridgehead atoms. The lowest BCUT2D eigenvalue weighted by molar-refractivity contribution is -0.153. The van der Waals surface area contributed by atoms with Crippen molar-refractivity contribution in [1.82, 2.24) is 9.80 Å². The molecule has 1 saturated heterocycles. The second-order valence-electron chi connectivity index (χ2n) is 7.12. The molecule has 3 rings (SSSR count). The molecule has 5 nitrogen and oxygen atoms in total. The Hall–Kier alpha value is -2.08. The molecule has 1 fully saturated rings. The molecule has 7 heteroatoms. The van der Waals surface area contributed by atoms with E-state index in [1.807, 2.05) is 55.6 Å². The molecule has 0 spiro atoms. The molecular weight excluding hydrogens is 411 g/mol. The molecule has 0 aromatic heterocycles. The summed E-state index contributed by atoms with van der Waals surface area (Å²) in [6.45, 7) is 4.61. The Kier molecular flexibility index (Phi) is 8.50. The maximum atomic E-state index is 12.4. The van der Waals surface area contributed by atoms with E-state index in [1.54, 1.807) is 11.8 Å². The van der Waals surface area contributed by atoms with Crippen LogP contribution in [0, 0.1) is 0 Å². The Morgan fingerprint density at radius 1 is 1.03 bits per heavy atom. The van der Waals surface area contributed by atoms with Crippen LogP contribution in [0.3, 0.4) is 0 Å². The van der Waals surface area contributed by atoms with Crippen molar-refractivity contribution >= 4 is 35.9 Å². The molecular formula is C22H26Cl2N2O3. The lowest BCUT2D eigenvalue weighted by Gasteiger charge is -2.32. The molecule has 0 N–H and O–H groups in total. The van der Waals surface area contributed by atoms with Crippen LogP contribution in [0.2, 0.25) is 5.02 Å². The molecule has 29 heavy (non-hydrogen) atoms. The Morgan fingerprint density at radius 3 is 2.28 bits per heavy atom. The smallest absolute Gasteiger partial charge is 0.313 e. The average Bonchev–Trinajstić information content (AvgIpc) is 2.72. The van der Waals surface area contributed by atoms with Crippen LogP contribution in [0.4, 0.5) is 0 Å². The standard InChI is InChI=1S/C22H25ClN2O3.ClH/c1-16(22(27)28-15-21(26)25-13-11-24(2)12-14-25)17-7-9-18(10-8-17)19-5-3-4-6-20(19)23;/h3-10,16H,11-15H2,1-2H3;1H. The van der Waals surface area contributed by atoms with Crippen LogP contribution in [-0.2, 0) is 14.3 Å². The monoisotopic (exact) mass is 436 g/mol. The van der Waals surface area contributed by atoms with Gasteiger partial charge in [-0.2, -0.15) is 0 Å². The number of likely N-dealkylation sites (N-methyl/N-ethyl adjacent to an activating group) is 1. The van der Waals surface area contributed by atoms with Crippen molar-refractivity contribution in [3.8, 4) is 11.1 Å². The fraction of sp³-hybridized carbons (Fsp3) is 0.364. The molecule has 0 aliphatic carbocycles. The molecule has 2 aromatic rings. The second kappa shape index (κ2) is 10.6. The largest absolute Gasteiger partial charge is 0.455 e. The predicted molar refractivity (Wildman–Crippen MR) is 118 cm³/mol. The van der Waals surface area contributed by atoms with Gasteiger partial charge in [-0.15, -0.1) is 12.4 Å². The van der Waals surface area contributed by atoms with Gasteiger partial charge in [0.15, 0.2) is 6.61 Å². The van der Waals surface area contributed by atoms with E-state index >= 15 is 0 Å². The summed E-state index contributed by atoms with van der Waals surface area (Å²) < 4.78 is 5.27. The fourth-order valence-electron chi connectivity index (χ4n) is 3.19. The zero-order valence-electron chi connectivity index (χ0n) is 16.6. The van der Waals surface area contributed by atoms with Crippen LogP contribution < -0.4 is 0 Å². The highest BCUT2D eigenvalue weighted by Gasteiger charge is 2.22. The van der Waals surface area contributed by atoms with Gasteiger partial charge in [0.2, 0.25) is 0 Å². The first kappa shape index (κ1) is 23.2. The summed E-state index contributed by atoms with van der Waals surface area (Å²) in [6, 6.07) is 15.3. The molecule has 1 aliphatic heterocycles. The lowest BCUT2D eigenvalue weighted by atomic mass is 9.97. The molecule has 1 atom stereocenters. The van der Waals surface area contributed by atoms with E-state index in [1.165, 1.54) is 0 Å². The molecule has 2 aromatic carbocycles. The van der Waals surface area contributed by atoms with Gasteiger partial charge in [-0.25, -0.2) is 0 Å². The van der Waals surface area contributed by atoms with E-state index in [4.69, 9.17) is 16.3 Å². The molecule has 156 valence electrons. The van der Waals surface area contributed by atoms with Crippen molar-refractivity contribution in [2.24, 2.45) is 0 Å². The Bertz CT molecular complexity index is 834. The highest BCUT2D eigenvalue weighted by molar-refractivity contribution is 6.33. The second-order valence-corrected chi connectivity index (χ2v) is 7.52. The van der Waals surface area contributed by atoms with Crippen molar-refractivity contribution in [3.05, 3.63) is 59.1 Å². The minimum absolute atomic E-state index is 0. The average molecular weight is 437 g/mol. The van der Waals surface area contributed by atoms with Crippen molar-refractivity contribution in [2.45, 2.75) is 12.8 Å². The molecule has 1 amide bonds. The van der Waals surface area contributed by atoms with Crippen LogP contribution in [-0.4, -0.2) is 61.5 Å². The first-order valence-electron chi connectivity index (χ1n) is 9.43. The van der Waals surface area contributed by atoms with E-state index in [0.29, 0.717) is 18.1 Å². The number of hydrogen-bond acceptors (Lipinski definition) is 4. The van der Waals surface area contributed by atoms with Gasteiger partial charge >= 0.3 is 5.97 Å². The molecule has 1 unspecified atom stereocenters. The number of piperazine rings is 1. The Morgan fingerprint density at radius 2 is 1.66 bits per heavy atom. The van der Waals surface area contributed by atoms with Crippen LogP contribution in [0.25, 0.3) is 11.1 Å². The van der Waals surface area contributed by atoms with Gasteiger partial charge in [0.25, 0.3) is 5.91 Å². The number of benzene rings is 2. The predicted octanol–water partition coefficient (Wildman–Crippen LogP) is 3.85. The van der Waals surface area contributed by atoms with E-state index in [2.05, 4.69) is 4.90 Å². The number of amides is 1. The van der Waals surface area contributed by atoms with Gasteiger partial charge < -0.3 is 14.5 Å². The van der Waals surface area contributed by atoms with Crippen molar-refractivity contribution in [1.29, 1.82) is 0 Å². The summed E-state index contributed by atoms with van der Waals surface area (Å²) in [6.07, 6.45) is 0. The summed E-state index contributed by atoms with van der Waals surface area (Å²) in [5.41, 5.74) is 2.77. The third-order valence-corrected chi connectivity index (χ3v) is 5.47. The van der Waals surface area contributed by atoms with Gasteiger partial charge in [-0.1, -0.05) is 54.1 Å². The third kappa shape index (κ3) is 5.95. The van der Waals surface area contributed by atoms with Crippen molar-refractivity contribution < 1.29 is 14.3 Å². The number of esters is 1. The number of nitrogens with zero attached hydrogens (tertiary/aromatic N) is 2. The van der Waals surface area contributed by atoms with E-state index in [9.17, 15) is 9.59 Å². The van der Waals surface area contributed by atoms with Gasteiger partial charge in [0.1, 0.15) is 0 Å². The van der Waals surface area contributed by atoms with Crippen molar-refractivity contribution in [3.63, 3.8) is 0 Å². The normalized spacial score (nSPS) is 15.3. The molecule has 1 heterocycles. The first-order chi connectivity index (χ1) is 13.5. The van der Waals surface area contributed by atoms with Crippen LogP contribution in [0.5, 0.6) is 0 Å². The van der Waals surface area contributed by atoms with Crippen molar-refractivity contribution in [2.75, 3.05) is 39.8 Å². The quantitative estimate of drug-likeness (QED) is 0.667. The van der Waals surface area contributed by atoms with Gasteiger partial charge in [0, 0.05) is 36.8 Å². The molecule has 1 aliphatic rings. The molecule has 0 radical (unpaired) electrons. The number of carbonyl (C=O) groups is 2. The summed E-state index contributed by atoms with van der Waals surface area (Å²) in [5.74, 6) is -0.976. The fourth-order valence-corrected chi connectivity index (χ4v) is 3.43.